The Morgan fingerprint density at radius 3 is 2.45 bits per heavy atom. The van der Waals surface area contributed by atoms with E-state index in [9.17, 15) is 0 Å². The van der Waals surface area contributed by atoms with Crippen molar-refractivity contribution in [2.45, 2.75) is 71.8 Å². The summed E-state index contributed by atoms with van der Waals surface area (Å²) in [7, 11) is 1.94. The number of imidazole rings is 1. The van der Waals surface area contributed by atoms with E-state index in [1.54, 1.807) is 0 Å². The number of nitrogens with one attached hydrogen (secondary N) is 3. The number of allylic oxidation sites excluding steroid dienone is 2. The number of fused-ring (bicyclic) bond motifs is 1. The predicted molar refractivity (Wildman–Crippen MR) is 165 cm³/mol. The molecule has 4 aromatic rings. The number of aryl methyl sites for hydroxylation is 2. The van der Waals surface area contributed by atoms with Gasteiger partial charge in [-0.2, -0.15) is 0 Å². The number of para-hydroxylation sites is 2. The van der Waals surface area contributed by atoms with Gasteiger partial charge in [-0.25, -0.2) is 4.98 Å². The SMILES string of the molecule is CN/C=C\C=C1\CCCC(N(Cc2ccc(CNCc3cc(C)nc(C)c3)cc2)Cc2nc3ccccc3[nH]2)C1. The topological polar surface area (TPSA) is 68.9 Å². The van der Waals surface area contributed by atoms with E-state index in [1.165, 1.54) is 41.5 Å². The second-order valence-corrected chi connectivity index (χ2v) is 11.0. The average molecular weight is 535 g/mol. The Morgan fingerprint density at radius 2 is 1.68 bits per heavy atom. The minimum atomic E-state index is 0.491. The maximum atomic E-state index is 4.91. The van der Waals surface area contributed by atoms with Crippen molar-refractivity contribution in [3.05, 3.63) is 118 Å². The highest BCUT2D eigenvalue weighted by atomic mass is 15.2. The Kier molecular flexibility index (Phi) is 9.42. The number of nitrogens with zero attached hydrogens (tertiary/aromatic N) is 3. The third kappa shape index (κ3) is 7.68. The van der Waals surface area contributed by atoms with Crippen molar-refractivity contribution in [1.82, 2.24) is 30.5 Å². The van der Waals surface area contributed by atoms with Crippen LogP contribution in [0.2, 0.25) is 0 Å². The standard InChI is InChI=1S/C34H42N6/c1-25-18-30(19-26(2)37-25)22-36-21-28-13-15-29(16-14-28)23-40(24-34-38-32-11-4-5-12-33(32)39-34)31-10-6-8-27(20-31)9-7-17-35-3/h4-5,7,9,11-19,31,35-36H,6,8,10,20-24H2,1-3H3,(H,38,39)/b17-7-,27-9-. The summed E-state index contributed by atoms with van der Waals surface area (Å²) in [5.41, 5.74) is 9.73. The van der Waals surface area contributed by atoms with Crippen molar-refractivity contribution in [3.63, 3.8) is 0 Å². The molecular weight excluding hydrogens is 492 g/mol. The van der Waals surface area contributed by atoms with Gasteiger partial charge in [0.25, 0.3) is 0 Å². The van der Waals surface area contributed by atoms with Gasteiger partial charge in [-0.05, 0) is 92.8 Å². The Morgan fingerprint density at radius 1 is 0.925 bits per heavy atom. The van der Waals surface area contributed by atoms with Crippen LogP contribution in [0, 0.1) is 13.8 Å². The van der Waals surface area contributed by atoms with Crippen LogP contribution in [0.25, 0.3) is 11.0 Å². The second kappa shape index (κ2) is 13.6. The molecule has 2 aromatic carbocycles. The van der Waals surface area contributed by atoms with Crippen molar-refractivity contribution in [2.24, 2.45) is 0 Å². The van der Waals surface area contributed by atoms with Gasteiger partial charge in [0.1, 0.15) is 5.82 Å². The molecule has 2 aromatic heterocycles. The Balaban J connectivity index is 1.26. The highest BCUT2D eigenvalue weighted by molar-refractivity contribution is 5.74. The molecule has 3 N–H and O–H groups in total. The third-order valence-electron chi connectivity index (χ3n) is 7.64. The van der Waals surface area contributed by atoms with Gasteiger partial charge in [-0.15, -0.1) is 0 Å². The summed E-state index contributed by atoms with van der Waals surface area (Å²) in [4.78, 5) is 15.6. The molecule has 1 fully saturated rings. The molecule has 0 spiro atoms. The van der Waals surface area contributed by atoms with Crippen LogP contribution in [-0.4, -0.2) is 32.9 Å². The number of aromatic amines is 1. The molecule has 1 unspecified atom stereocenters. The van der Waals surface area contributed by atoms with Crippen molar-refractivity contribution in [2.75, 3.05) is 7.05 Å². The zero-order valence-corrected chi connectivity index (χ0v) is 24.1. The van der Waals surface area contributed by atoms with Gasteiger partial charge in [0.15, 0.2) is 0 Å². The Bertz CT molecular complexity index is 1400. The summed E-state index contributed by atoms with van der Waals surface area (Å²) in [6.45, 7) is 7.52. The van der Waals surface area contributed by atoms with Crippen LogP contribution in [0.15, 0.2) is 84.6 Å². The van der Waals surface area contributed by atoms with Crippen LogP contribution in [0.1, 0.15) is 59.6 Å². The molecule has 0 saturated heterocycles. The van der Waals surface area contributed by atoms with Crippen molar-refractivity contribution in [3.8, 4) is 0 Å². The molecule has 6 heteroatoms. The van der Waals surface area contributed by atoms with E-state index in [0.717, 1.165) is 60.8 Å². The number of pyridine rings is 1. The minimum Gasteiger partial charge on any atom is -0.394 e. The first-order valence-electron chi connectivity index (χ1n) is 14.5. The smallest absolute Gasteiger partial charge is 0.121 e. The molecule has 0 amide bonds. The quantitative estimate of drug-likeness (QED) is 0.206. The molecule has 1 aliphatic rings. The minimum absolute atomic E-state index is 0.491. The molecule has 5 rings (SSSR count). The zero-order valence-electron chi connectivity index (χ0n) is 24.1. The van der Waals surface area contributed by atoms with E-state index in [1.807, 2.05) is 13.2 Å². The molecule has 2 heterocycles. The number of H-pyrrole nitrogens is 1. The second-order valence-electron chi connectivity index (χ2n) is 11.0. The van der Waals surface area contributed by atoms with E-state index < -0.39 is 0 Å². The van der Waals surface area contributed by atoms with Crippen LogP contribution in [0.3, 0.4) is 0 Å². The van der Waals surface area contributed by atoms with E-state index in [-0.39, 0.29) is 0 Å². The van der Waals surface area contributed by atoms with Gasteiger partial charge >= 0.3 is 0 Å². The Labute approximate surface area is 238 Å². The van der Waals surface area contributed by atoms with Crippen LogP contribution in [-0.2, 0) is 26.2 Å². The van der Waals surface area contributed by atoms with Gasteiger partial charge in [0.05, 0.1) is 17.6 Å². The third-order valence-corrected chi connectivity index (χ3v) is 7.64. The van der Waals surface area contributed by atoms with E-state index in [2.05, 4.69) is 112 Å². The summed E-state index contributed by atoms with van der Waals surface area (Å²) in [5, 5.41) is 6.68. The molecule has 1 atom stereocenters. The number of aromatic nitrogens is 3. The first kappa shape index (κ1) is 27.8. The molecule has 1 saturated carbocycles. The van der Waals surface area contributed by atoms with E-state index >= 15 is 0 Å². The highest BCUT2D eigenvalue weighted by Crippen LogP contribution is 2.29. The lowest BCUT2D eigenvalue weighted by molar-refractivity contribution is 0.152. The maximum Gasteiger partial charge on any atom is 0.121 e. The van der Waals surface area contributed by atoms with Crippen LogP contribution in [0.5, 0.6) is 0 Å². The molecule has 6 nitrogen and oxygen atoms in total. The number of benzene rings is 2. The summed E-state index contributed by atoms with van der Waals surface area (Å²) in [6, 6.07) is 22.2. The number of hydrogen-bond acceptors (Lipinski definition) is 5. The average Bonchev–Trinajstić information content (AvgIpc) is 3.36. The van der Waals surface area contributed by atoms with E-state index in [4.69, 9.17) is 4.98 Å². The fraction of sp³-hybridized carbons (Fsp3) is 0.353. The first-order chi connectivity index (χ1) is 19.6. The lowest BCUT2D eigenvalue weighted by Crippen LogP contribution is -2.36. The zero-order chi connectivity index (χ0) is 27.7. The van der Waals surface area contributed by atoms with Gasteiger partial charge in [-0.1, -0.05) is 48.0 Å². The Hall–Kier alpha value is -3.74. The summed E-state index contributed by atoms with van der Waals surface area (Å²) < 4.78 is 0. The number of rotatable bonds is 11. The fourth-order valence-electron chi connectivity index (χ4n) is 5.77. The molecule has 0 bridgehead atoms. The molecule has 0 radical (unpaired) electrons. The van der Waals surface area contributed by atoms with Crippen LogP contribution >= 0.6 is 0 Å². The van der Waals surface area contributed by atoms with Crippen molar-refractivity contribution in [1.29, 1.82) is 0 Å². The van der Waals surface area contributed by atoms with Gasteiger partial charge in [-0.3, -0.25) is 9.88 Å². The maximum absolute atomic E-state index is 4.91. The lowest BCUT2D eigenvalue weighted by atomic mass is 9.89. The normalized spacial score (nSPS) is 16.9. The van der Waals surface area contributed by atoms with Crippen molar-refractivity contribution < 1.29 is 0 Å². The molecule has 1 aliphatic carbocycles. The lowest BCUT2D eigenvalue weighted by Gasteiger charge is -2.35. The summed E-state index contributed by atoms with van der Waals surface area (Å²) in [6.07, 6.45) is 11.1. The first-order valence-corrected chi connectivity index (χ1v) is 14.5. The predicted octanol–water partition coefficient (Wildman–Crippen LogP) is 6.47. The van der Waals surface area contributed by atoms with Gasteiger partial charge < -0.3 is 15.6 Å². The highest BCUT2D eigenvalue weighted by Gasteiger charge is 2.24. The molecule has 0 aliphatic heterocycles. The summed E-state index contributed by atoms with van der Waals surface area (Å²) in [5.74, 6) is 1.04. The molecular formula is C34H42N6. The largest absolute Gasteiger partial charge is 0.394 e. The molecule has 208 valence electrons. The van der Waals surface area contributed by atoms with Crippen LogP contribution < -0.4 is 10.6 Å². The summed E-state index contributed by atoms with van der Waals surface area (Å²) >= 11 is 0. The van der Waals surface area contributed by atoms with Gasteiger partial charge in [0.2, 0.25) is 0 Å². The number of hydrogen-bond donors (Lipinski definition) is 3. The monoisotopic (exact) mass is 534 g/mol. The van der Waals surface area contributed by atoms with E-state index in [0.29, 0.717) is 6.04 Å². The van der Waals surface area contributed by atoms with Crippen molar-refractivity contribution >= 4 is 11.0 Å². The van der Waals surface area contributed by atoms with Gasteiger partial charge in [0, 0.05) is 44.1 Å². The molecule has 40 heavy (non-hydrogen) atoms. The van der Waals surface area contributed by atoms with Crippen LogP contribution in [0.4, 0.5) is 0 Å². The fourth-order valence-corrected chi connectivity index (χ4v) is 5.77.